The van der Waals surface area contributed by atoms with E-state index < -0.39 is 165 Å². The van der Waals surface area contributed by atoms with Crippen LogP contribution in [-0.2, 0) is 101 Å². The molecule has 5 aromatic rings. The number of unbranched alkanes of at least 4 members (excludes halogenated alkanes) is 1. The maximum absolute atomic E-state index is 12.2. The summed E-state index contributed by atoms with van der Waals surface area (Å²) in [6.07, 6.45) is 5.57. The van der Waals surface area contributed by atoms with Crippen LogP contribution in [0.15, 0.2) is 142 Å². The van der Waals surface area contributed by atoms with Crippen LogP contribution in [0.3, 0.4) is 0 Å². The van der Waals surface area contributed by atoms with Gasteiger partial charge in [-0.25, -0.2) is 38.5 Å². The van der Waals surface area contributed by atoms with Gasteiger partial charge in [0, 0.05) is 133 Å². The van der Waals surface area contributed by atoms with Crippen LogP contribution < -0.4 is 41.0 Å². The zero-order valence-corrected chi connectivity index (χ0v) is 76.5. The fourth-order valence-electron chi connectivity index (χ4n) is 7.71. The van der Waals surface area contributed by atoms with Crippen molar-refractivity contribution in [2.24, 2.45) is 5.73 Å². The first-order chi connectivity index (χ1) is 59.0. The minimum absolute atomic E-state index is 0. The minimum atomic E-state index is -1.44. The van der Waals surface area contributed by atoms with Crippen molar-refractivity contribution in [1.82, 2.24) is 9.80 Å². The number of aliphatic hydroxyl groups is 2. The number of anilines is 1. The summed E-state index contributed by atoms with van der Waals surface area (Å²) in [6, 6.07) is 17.0. The summed E-state index contributed by atoms with van der Waals surface area (Å²) >= 11 is -1.44. The average Bonchev–Trinajstić information content (AvgIpc) is 0.830. The molecule has 0 aromatic heterocycles. The molecule has 0 aliphatic rings. The second-order valence-corrected chi connectivity index (χ2v) is 27.9. The molecule has 5 aromatic carbocycles. The van der Waals surface area contributed by atoms with Crippen LogP contribution in [0.2, 0.25) is 0 Å². The summed E-state index contributed by atoms with van der Waals surface area (Å²) in [7, 11) is 5.32. The van der Waals surface area contributed by atoms with E-state index in [0.29, 0.717) is 30.4 Å². The Morgan fingerprint density at radius 2 is 0.685 bits per heavy atom. The van der Waals surface area contributed by atoms with Gasteiger partial charge in [-0.2, -0.15) is 0 Å². The number of ether oxygens (including phenoxy) is 5. The van der Waals surface area contributed by atoms with E-state index in [4.69, 9.17) is 48.3 Å². The Bertz CT molecular complexity index is 4510. The van der Waals surface area contributed by atoms with Gasteiger partial charge in [-0.05, 0) is 131 Å². The Morgan fingerprint density at radius 1 is 0.438 bits per heavy atom. The number of nitro groups is 9. The average molecular weight is 1900 g/mol. The molecule has 2 amide bonds. The number of aliphatic hydroxyl groups excluding tert-OH is 2. The van der Waals surface area contributed by atoms with Crippen molar-refractivity contribution in [3.8, 4) is 0 Å². The summed E-state index contributed by atoms with van der Waals surface area (Å²) in [5, 5.41) is 111. The van der Waals surface area contributed by atoms with Crippen molar-refractivity contribution in [3.05, 3.63) is 260 Å². The number of nitrogens with zero attached hydrogens (tertiary/aromatic N) is 11. The van der Waals surface area contributed by atoms with Crippen molar-refractivity contribution < 1.29 is 183 Å². The van der Waals surface area contributed by atoms with Crippen molar-refractivity contribution in [1.29, 1.82) is 0 Å². The monoisotopic (exact) mass is 1900 g/mol. The molecule has 0 fully saturated rings. The molecule has 51 nitrogen and oxygen atoms in total. The SMILES string of the molecule is C.C=CCCCc1cc([N+](=O)[O-])cc([N+](=O)[O-])c1.C=CCN.C=CCN(Cc1cc(N)cc([N+](=O)[O-])c1)C(=O)OC(C)(C)C.C=CCN(Cc1cc([N+](=O)[O-])cc([N+](=O)[O-])c1)C(=O)OC(C)(C)C.CC(=O)OOC(C)=O.CC(C)(C)OC(=O)OC(=O)OC(C)(C)C.CO.O=Cc1cc([N+](=O)[O-])cc([N+](=O)[O-])c1.O=[N+]([O-])c1cc(CO)cc([N+](=O)[O-])c1.[B-]OC(C)=O.[Na+].[O]=[Mn]=[O]. The number of carbonyl (C=O) groups is 8. The summed E-state index contributed by atoms with van der Waals surface area (Å²) in [4.78, 5) is 185. The molecule has 6 N–H and O–H groups in total. The third kappa shape index (κ3) is 69.1. The standard InChI is InChI=1S/C15H19N3O6.C15H21N3O4.C11H12N2O4.C10H18O5.C7H6N2O5.C7H4N2O5.C4H6O4.C3H7N.C2H3BO2.CH4O.CH4.Mn.Na.2O/c1-5-6-16(14(19)24-15(2,3)4)10-11-7-12(17(20)21)9-13(8-11)18(22)23;1-5-6-17(14(19)22-15(2,3)4)10-11-7-12(16)9-13(8-11)18(20)21;1-2-3-4-5-9-6-10(12(14)15)8-11(7-9)13(16)17;1-9(2,3)14-7(11)13-8(12)15-10(4,5)6;2*10-4-5-1-6(8(11)12)3-7(2-5)9(13)14;1-3(5)7-8-4(2)6;1-2-3-4;1-2(4)5-3;1-2;;;;;/h5,7-9H,1,6,10H2,2-4H3;5,7-9H,1,6,10,16H2,2-4H3;2,6-8H,1,3-5H2;1-6H3;1-3,10H,4H2;1-4H;1-2H3;2H,1,3-4H2;1H3;2H,1H3;1H4;;;;/q;;;;;;;;-1;;;;+1;;. The van der Waals surface area contributed by atoms with E-state index in [0.717, 1.165) is 82.3 Å². The summed E-state index contributed by atoms with van der Waals surface area (Å²) in [5.41, 5.74) is 6.41. The number of allylic oxidation sites excluding steroid dienone is 1. The number of aryl methyl sites for hydroxylation is 1. The van der Waals surface area contributed by atoms with Gasteiger partial charge >= 0.3 is 88.5 Å². The number of benzene rings is 5. The molecule has 0 aliphatic heterocycles. The molecule has 0 aliphatic carbocycles. The van der Waals surface area contributed by atoms with Gasteiger partial charge in [-0.1, -0.05) is 31.7 Å². The molecule has 54 heteroatoms. The molecule has 0 saturated heterocycles. The molecule has 0 atom stereocenters. The van der Waals surface area contributed by atoms with E-state index in [1.807, 2.05) is 0 Å². The summed E-state index contributed by atoms with van der Waals surface area (Å²) < 4.78 is 44.8. The van der Waals surface area contributed by atoms with Crippen LogP contribution in [0, 0.1) is 91.0 Å². The molecule has 0 bridgehead atoms. The van der Waals surface area contributed by atoms with E-state index >= 15 is 0 Å². The maximum atomic E-state index is 12.2. The number of hydrogen-bond acceptors (Lipinski definition) is 40. The Kier molecular flexibility index (Phi) is 69.8. The number of nitro benzene ring substituents is 9. The number of non-ortho nitro benzene ring substituents is 9. The number of nitrogens with two attached hydrogens (primary N) is 2. The van der Waals surface area contributed by atoms with Crippen LogP contribution in [0.5, 0.6) is 0 Å². The number of amides is 2. The van der Waals surface area contributed by atoms with Crippen LogP contribution >= 0.6 is 0 Å². The van der Waals surface area contributed by atoms with E-state index in [-0.39, 0.29) is 103 Å². The van der Waals surface area contributed by atoms with Gasteiger partial charge in [0.2, 0.25) is 5.97 Å². The number of hydrogen-bond donors (Lipinski definition) is 4. The molecule has 712 valence electrons. The van der Waals surface area contributed by atoms with Crippen LogP contribution in [-0.4, -0.2) is 170 Å². The molecule has 5 rings (SSSR count). The third-order valence-corrected chi connectivity index (χ3v) is 12.2. The van der Waals surface area contributed by atoms with Crippen molar-refractivity contribution in [3.63, 3.8) is 0 Å². The first kappa shape index (κ1) is 131. The van der Waals surface area contributed by atoms with Crippen molar-refractivity contribution >= 4 is 114 Å². The Hall–Kier alpha value is -14.1. The second-order valence-electron chi connectivity index (χ2n) is 27.7. The van der Waals surface area contributed by atoms with Gasteiger partial charge in [0.25, 0.3) is 51.2 Å². The predicted octanol–water partition coefficient (Wildman–Crippen LogP) is 11.5. The Labute approximate surface area is 773 Å². The number of rotatable bonds is 24. The predicted molar refractivity (Wildman–Crippen MR) is 455 cm³/mol. The van der Waals surface area contributed by atoms with Gasteiger partial charge < -0.3 is 67.9 Å². The zero-order valence-electron chi connectivity index (χ0n) is 73.4. The van der Waals surface area contributed by atoms with Gasteiger partial charge in [-0.3, -0.25) is 101 Å². The first-order valence-electron chi connectivity index (χ1n) is 35.6. The quantitative estimate of drug-likeness (QED) is 0.00381. The zero-order chi connectivity index (χ0) is 101. The topological polar surface area (TPSA) is 732 Å². The van der Waals surface area contributed by atoms with Crippen LogP contribution in [0.1, 0.15) is 157 Å². The van der Waals surface area contributed by atoms with E-state index in [1.165, 1.54) is 59.2 Å². The number of carbonyl (C=O) groups excluding carboxylic acids is 8. The van der Waals surface area contributed by atoms with Crippen molar-refractivity contribution in [2.45, 2.75) is 173 Å². The fourth-order valence-corrected chi connectivity index (χ4v) is 7.71. The third-order valence-electron chi connectivity index (χ3n) is 12.2. The molecule has 3 radical (unpaired) electrons. The Balaban J connectivity index is -0.000000220. The molecular formula is C76H104BMnN13NaO38. The van der Waals surface area contributed by atoms with Crippen LogP contribution in [0.4, 0.5) is 76.1 Å². The first-order valence-corrected chi connectivity index (χ1v) is 36.6. The second kappa shape index (κ2) is 69.1. The normalized spacial score (nSPS) is 9.63. The van der Waals surface area contributed by atoms with Gasteiger partial charge in [-0.15, -0.1) is 26.3 Å². The summed E-state index contributed by atoms with van der Waals surface area (Å²) in [5.74, 6) is -1.74. The molecule has 0 heterocycles. The number of nitrogen functional groups attached to an aromatic ring is 1. The van der Waals surface area contributed by atoms with Gasteiger partial charge in [0.1, 0.15) is 22.4 Å². The van der Waals surface area contributed by atoms with E-state index in [9.17, 15) is 129 Å². The van der Waals surface area contributed by atoms with Crippen LogP contribution in [0.25, 0.3) is 0 Å². The van der Waals surface area contributed by atoms with Gasteiger partial charge in [0.05, 0.1) is 75.2 Å². The molecule has 0 saturated carbocycles. The van der Waals surface area contributed by atoms with Crippen molar-refractivity contribution in [2.75, 3.05) is 32.5 Å². The fraction of sp³-hybridized carbons (Fsp3) is 0.395. The molecule has 0 unspecified atom stereocenters. The summed E-state index contributed by atoms with van der Waals surface area (Å²) in [6.45, 7) is 38.6. The van der Waals surface area contributed by atoms with E-state index in [2.05, 4.69) is 53.5 Å². The molecule has 0 spiro atoms. The molecular weight excluding hydrogens is 1790 g/mol. The number of aldehydes is 1. The van der Waals surface area contributed by atoms with E-state index in [1.54, 1.807) is 107 Å². The Morgan fingerprint density at radius 3 is 0.900 bits per heavy atom. The molecule has 130 heavy (non-hydrogen) atoms. The van der Waals surface area contributed by atoms with Gasteiger partial charge in [0.15, 0.2) is 6.29 Å².